The van der Waals surface area contributed by atoms with Crippen LogP contribution in [0.4, 0.5) is 10.5 Å². The first-order valence-corrected chi connectivity index (χ1v) is 6.75. The molecule has 0 bridgehead atoms. The largest absolute Gasteiger partial charge is 0.478 e. The number of urea groups is 1. The van der Waals surface area contributed by atoms with Crippen molar-refractivity contribution in [3.8, 4) is 0 Å². The Morgan fingerprint density at radius 1 is 1.38 bits per heavy atom. The first-order valence-electron chi connectivity index (χ1n) is 5.95. The Morgan fingerprint density at radius 2 is 2.14 bits per heavy atom. The molecule has 1 aromatic carbocycles. The topological polar surface area (TPSA) is 104 Å². The van der Waals surface area contributed by atoms with Crippen LogP contribution in [-0.2, 0) is 6.54 Å². The van der Waals surface area contributed by atoms with E-state index < -0.39 is 12.0 Å². The highest BCUT2D eigenvalue weighted by Crippen LogP contribution is 2.21. The number of amides is 2. The third-order valence-corrected chi connectivity index (χ3v) is 3.06. The summed E-state index contributed by atoms with van der Waals surface area (Å²) in [7, 11) is 0. The Kier molecular flexibility index (Phi) is 4.59. The molecule has 0 radical (unpaired) electrons. The predicted octanol–water partition coefficient (Wildman–Crippen LogP) is 2.77. The number of carboxylic acids is 1. The van der Waals surface area contributed by atoms with Gasteiger partial charge >= 0.3 is 12.0 Å². The second-order valence-corrected chi connectivity index (χ2v) is 5.15. The molecule has 1 aromatic heterocycles. The number of benzene rings is 1. The molecular formula is C13H12BrN3O4. The molecule has 0 aliphatic carbocycles. The molecule has 0 spiro atoms. The van der Waals surface area contributed by atoms with Crippen molar-refractivity contribution in [3.05, 3.63) is 45.8 Å². The van der Waals surface area contributed by atoms with E-state index in [1.807, 2.05) is 0 Å². The minimum atomic E-state index is -1.12. The molecule has 1 heterocycles. The lowest BCUT2D eigenvalue weighted by Crippen LogP contribution is -2.29. The van der Waals surface area contributed by atoms with Gasteiger partial charge in [0.1, 0.15) is 11.5 Å². The van der Waals surface area contributed by atoms with Crippen molar-refractivity contribution >= 4 is 33.6 Å². The zero-order valence-electron chi connectivity index (χ0n) is 11.0. The zero-order chi connectivity index (χ0) is 15.4. The Bertz CT molecular complexity index is 684. The third-order valence-electron chi connectivity index (χ3n) is 2.57. The van der Waals surface area contributed by atoms with E-state index in [4.69, 9.17) is 9.63 Å². The van der Waals surface area contributed by atoms with E-state index in [-0.39, 0.29) is 17.8 Å². The number of aryl methyl sites for hydroxylation is 1. The number of nitrogens with one attached hydrogen (secondary N) is 2. The van der Waals surface area contributed by atoms with Gasteiger partial charge in [0.25, 0.3) is 0 Å². The highest BCUT2D eigenvalue weighted by Gasteiger charge is 2.13. The van der Waals surface area contributed by atoms with E-state index in [9.17, 15) is 9.59 Å². The number of carboxylic acid groups (broad SMARTS) is 1. The van der Waals surface area contributed by atoms with Crippen LogP contribution in [0.3, 0.4) is 0 Å². The highest BCUT2D eigenvalue weighted by molar-refractivity contribution is 9.10. The van der Waals surface area contributed by atoms with Crippen LogP contribution in [0.5, 0.6) is 0 Å². The van der Waals surface area contributed by atoms with E-state index in [0.717, 1.165) is 0 Å². The Hall–Kier alpha value is -2.35. The minimum Gasteiger partial charge on any atom is -0.478 e. The maximum Gasteiger partial charge on any atom is 0.337 e. The standard InChI is InChI=1S/C13H12BrN3O4/c1-7-4-9(17-21-7)6-15-13(20)16-11-5-8(14)2-3-10(11)12(18)19/h2-5H,6H2,1H3,(H,18,19)(H2,15,16,20). The molecule has 0 unspecified atom stereocenters. The van der Waals surface area contributed by atoms with Crippen molar-refractivity contribution in [2.45, 2.75) is 13.5 Å². The van der Waals surface area contributed by atoms with E-state index in [0.29, 0.717) is 15.9 Å². The van der Waals surface area contributed by atoms with E-state index in [1.54, 1.807) is 19.1 Å². The highest BCUT2D eigenvalue weighted by atomic mass is 79.9. The van der Waals surface area contributed by atoms with E-state index in [2.05, 4.69) is 31.7 Å². The van der Waals surface area contributed by atoms with Crippen LogP contribution < -0.4 is 10.6 Å². The van der Waals surface area contributed by atoms with Crippen molar-refractivity contribution in [2.24, 2.45) is 0 Å². The summed E-state index contributed by atoms with van der Waals surface area (Å²) in [6, 6.07) is 5.68. The average molecular weight is 354 g/mol. The number of carbonyl (C=O) groups is 2. The molecule has 2 aromatic rings. The fourth-order valence-corrected chi connectivity index (χ4v) is 2.01. The van der Waals surface area contributed by atoms with Gasteiger partial charge in [-0.15, -0.1) is 0 Å². The van der Waals surface area contributed by atoms with Crippen LogP contribution in [0.15, 0.2) is 33.3 Å². The van der Waals surface area contributed by atoms with Gasteiger partial charge in [-0.25, -0.2) is 9.59 Å². The smallest absolute Gasteiger partial charge is 0.337 e. The van der Waals surface area contributed by atoms with Crippen molar-refractivity contribution < 1.29 is 19.2 Å². The van der Waals surface area contributed by atoms with Gasteiger partial charge in [-0.05, 0) is 25.1 Å². The van der Waals surface area contributed by atoms with Crippen LogP contribution >= 0.6 is 15.9 Å². The second kappa shape index (κ2) is 6.40. The van der Waals surface area contributed by atoms with Gasteiger partial charge < -0.3 is 20.3 Å². The molecule has 0 atom stereocenters. The minimum absolute atomic E-state index is 0.00521. The van der Waals surface area contributed by atoms with Crippen molar-refractivity contribution in [1.82, 2.24) is 10.5 Å². The van der Waals surface area contributed by atoms with E-state index in [1.165, 1.54) is 12.1 Å². The summed E-state index contributed by atoms with van der Waals surface area (Å²) in [6.07, 6.45) is 0. The summed E-state index contributed by atoms with van der Waals surface area (Å²) in [5.74, 6) is -0.475. The maximum atomic E-state index is 11.8. The number of rotatable bonds is 4. The molecule has 0 aliphatic heterocycles. The average Bonchev–Trinajstić information content (AvgIpc) is 2.82. The van der Waals surface area contributed by atoms with Crippen molar-refractivity contribution in [2.75, 3.05) is 5.32 Å². The van der Waals surface area contributed by atoms with Gasteiger partial charge in [0, 0.05) is 10.5 Å². The molecule has 0 aliphatic rings. The molecule has 8 heteroatoms. The monoisotopic (exact) mass is 353 g/mol. The molecule has 0 fully saturated rings. The lowest BCUT2D eigenvalue weighted by molar-refractivity contribution is 0.0698. The maximum absolute atomic E-state index is 11.8. The molecule has 3 N–H and O–H groups in total. The van der Waals surface area contributed by atoms with E-state index >= 15 is 0 Å². The van der Waals surface area contributed by atoms with Crippen molar-refractivity contribution in [1.29, 1.82) is 0 Å². The quantitative estimate of drug-likeness (QED) is 0.783. The zero-order valence-corrected chi connectivity index (χ0v) is 12.6. The Balaban J connectivity index is 2.02. The lowest BCUT2D eigenvalue weighted by atomic mass is 10.2. The molecule has 110 valence electrons. The number of carbonyl (C=O) groups excluding carboxylic acids is 1. The summed E-state index contributed by atoms with van der Waals surface area (Å²) >= 11 is 3.23. The van der Waals surface area contributed by atoms with Gasteiger partial charge in [0.15, 0.2) is 0 Å². The summed E-state index contributed by atoms with van der Waals surface area (Å²) < 4.78 is 5.54. The summed E-state index contributed by atoms with van der Waals surface area (Å²) in [5, 5.41) is 17.9. The number of aromatic nitrogens is 1. The summed E-state index contributed by atoms with van der Waals surface area (Å²) in [4.78, 5) is 22.9. The SMILES string of the molecule is Cc1cc(CNC(=O)Nc2cc(Br)ccc2C(=O)O)no1. The van der Waals surface area contributed by atoms with Gasteiger partial charge in [-0.2, -0.15) is 0 Å². The normalized spacial score (nSPS) is 10.2. The number of anilines is 1. The molecule has 0 saturated carbocycles. The van der Waals surface area contributed by atoms with Crippen LogP contribution in [0.25, 0.3) is 0 Å². The number of aromatic carboxylic acids is 1. The van der Waals surface area contributed by atoms with Gasteiger partial charge in [-0.3, -0.25) is 0 Å². The fourth-order valence-electron chi connectivity index (χ4n) is 1.64. The third kappa shape index (κ3) is 4.06. The molecule has 21 heavy (non-hydrogen) atoms. The van der Waals surface area contributed by atoms with Crippen molar-refractivity contribution in [3.63, 3.8) is 0 Å². The van der Waals surface area contributed by atoms with Crippen LogP contribution in [0.1, 0.15) is 21.8 Å². The number of hydrogen-bond donors (Lipinski definition) is 3. The number of halogens is 1. The van der Waals surface area contributed by atoms with Gasteiger partial charge in [-0.1, -0.05) is 21.1 Å². The summed E-state index contributed by atoms with van der Waals surface area (Å²) in [6.45, 7) is 1.93. The van der Waals surface area contributed by atoms with Gasteiger partial charge in [0.05, 0.1) is 17.8 Å². The molecule has 0 saturated heterocycles. The van der Waals surface area contributed by atoms with Crippen LogP contribution in [0, 0.1) is 6.92 Å². The molecule has 2 amide bonds. The Morgan fingerprint density at radius 3 is 2.76 bits per heavy atom. The Labute approximate surface area is 128 Å². The lowest BCUT2D eigenvalue weighted by Gasteiger charge is -2.09. The molecule has 7 nitrogen and oxygen atoms in total. The predicted molar refractivity (Wildman–Crippen MR) is 78.2 cm³/mol. The molecule has 2 rings (SSSR count). The molecular weight excluding hydrogens is 342 g/mol. The number of nitrogens with zero attached hydrogens (tertiary/aromatic N) is 1. The van der Waals surface area contributed by atoms with Crippen LogP contribution in [-0.4, -0.2) is 22.3 Å². The van der Waals surface area contributed by atoms with Gasteiger partial charge in [0.2, 0.25) is 0 Å². The summed E-state index contributed by atoms with van der Waals surface area (Å²) in [5.41, 5.74) is 0.784. The number of hydrogen-bond acceptors (Lipinski definition) is 4. The fraction of sp³-hybridized carbons (Fsp3) is 0.154. The second-order valence-electron chi connectivity index (χ2n) is 4.23. The first kappa shape index (κ1) is 15.0. The first-order chi connectivity index (χ1) is 9.95. The van der Waals surface area contributed by atoms with Crippen LogP contribution in [0.2, 0.25) is 0 Å².